The molecule has 0 saturated heterocycles. The van der Waals surface area contributed by atoms with Gasteiger partial charge in [0.1, 0.15) is 6.26 Å². The van der Waals surface area contributed by atoms with Crippen molar-refractivity contribution in [1.82, 2.24) is 10.3 Å². The van der Waals surface area contributed by atoms with Crippen LogP contribution in [0.2, 0.25) is 0 Å². The lowest BCUT2D eigenvalue weighted by Gasteiger charge is -2.03. The van der Waals surface area contributed by atoms with Gasteiger partial charge in [-0.15, -0.1) is 0 Å². The third-order valence-corrected chi connectivity index (χ3v) is 1.41. The Balaban J connectivity index is 2.49. The van der Waals surface area contributed by atoms with Gasteiger partial charge in [-0.05, 0) is 6.92 Å². The van der Waals surface area contributed by atoms with Crippen LogP contribution in [0.15, 0.2) is 10.7 Å². The van der Waals surface area contributed by atoms with Crippen molar-refractivity contribution in [3.05, 3.63) is 17.8 Å². The zero-order chi connectivity index (χ0) is 9.84. The summed E-state index contributed by atoms with van der Waals surface area (Å²) in [6.07, 6.45) is 0.726. The highest BCUT2D eigenvalue weighted by atomic mass is 16.3. The lowest BCUT2D eigenvalue weighted by molar-refractivity contribution is 0.0919. The Morgan fingerprint density at radius 3 is 3.00 bits per heavy atom. The molecule has 0 bridgehead atoms. The Bertz CT molecular complexity index is 293. The fraction of sp³-hybridized carbons (Fsp3) is 0.500. The third kappa shape index (κ3) is 2.87. The Kier molecular flexibility index (Phi) is 3.02. The zero-order valence-corrected chi connectivity index (χ0v) is 7.57. The number of aryl methyl sites for hydroxylation is 1. The maximum atomic E-state index is 11.2. The van der Waals surface area contributed by atoms with Crippen molar-refractivity contribution in [1.29, 1.82) is 0 Å². The summed E-state index contributed by atoms with van der Waals surface area (Å²) in [5, 5.41) is 11.4. The molecule has 0 spiro atoms. The quantitative estimate of drug-likeness (QED) is 0.698. The van der Waals surface area contributed by atoms with Gasteiger partial charge >= 0.3 is 0 Å². The molecular weight excluding hydrogens is 172 g/mol. The van der Waals surface area contributed by atoms with E-state index in [2.05, 4.69) is 10.3 Å². The van der Waals surface area contributed by atoms with E-state index < -0.39 is 6.10 Å². The predicted molar refractivity (Wildman–Crippen MR) is 45.3 cm³/mol. The highest BCUT2D eigenvalue weighted by Gasteiger charge is 2.10. The standard InChI is InChI=1S/C8H12N2O3/c1-5(11)3-9-8(12)7-4-13-6(2)10-7/h4-5,11H,3H2,1-2H3,(H,9,12)/t5-/m1/s1. The minimum absolute atomic E-state index is 0.213. The van der Waals surface area contributed by atoms with E-state index in [0.29, 0.717) is 5.89 Å². The largest absolute Gasteiger partial charge is 0.448 e. The first-order valence-electron chi connectivity index (χ1n) is 3.98. The van der Waals surface area contributed by atoms with Crippen molar-refractivity contribution in [2.45, 2.75) is 20.0 Å². The summed E-state index contributed by atoms with van der Waals surface area (Å²) in [6, 6.07) is 0. The number of hydrogen-bond donors (Lipinski definition) is 2. The summed E-state index contributed by atoms with van der Waals surface area (Å²) < 4.78 is 4.86. The summed E-state index contributed by atoms with van der Waals surface area (Å²) in [5.41, 5.74) is 0.234. The van der Waals surface area contributed by atoms with Crippen molar-refractivity contribution in [2.75, 3.05) is 6.54 Å². The third-order valence-electron chi connectivity index (χ3n) is 1.41. The highest BCUT2D eigenvalue weighted by molar-refractivity contribution is 5.91. The number of aliphatic hydroxyl groups excluding tert-OH is 1. The number of oxazole rings is 1. The van der Waals surface area contributed by atoms with Crippen molar-refractivity contribution in [3.8, 4) is 0 Å². The van der Waals surface area contributed by atoms with Crippen LogP contribution in [0, 0.1) is 6.92 Å². The van der Waals surface area contributed by atoms with E-state index in [1.165, 1.54) is 6.26 Å². The lowest BCUT2D eigenvalue weighted by atomic mass is 10.4. The molecule has 0 fully saturated rings. The van der Waals surface area contributed by atoms with Gasteiger partial charge < -0.3 is 14.8 Å². The van der Waals surface area contributed by atoms with Crippen LogP contribution in [-0.4, -0.2) is 28.6 Å². The Labute approximate surface area is 75.8 Å². The topological polar surface area (TPSA) is 75.4 Å². The molecule has 1 rings (SSSR count). The highest BCUT2D eigenvalue weighted by Crippen LogP contribution is 1.99. The molecule has 0 saturated carbocycles. The van der Waals surface area contributed by atoms with Crippen LogP contribution in [0.5, 0.6) is 0 Å². The van der Waals surface area contributed by atoms with E-state index in [4.69, 9.17) is 9.52 Å². The first-order valence-corrected chi connectivity index (χ1v) is 3.98. The van der Waals surface area contributed by atoms with E-state index in [1.807, 2.05) is 0 Å². The second-order valence-electron chi connectivity index (χ2n) is 2.81. The number of carbonyl (C=O) groups excluding carboxylic acids is 1. The molecule has 5 heteroatoms. The van der Waals surface area contributed by atoms with E-state index in [0.717, 1.165) is 0 Å². The summed E-state index contributed by atoms with van der Waals surface area (Å²) in [6.45, 7) is 3.46. The molecule has 72 valence electrons. The summed E-state index contributed by atoms with van der Waals surface area (Å²) in [7, 11) is 0. The number of amides is 1. The molecule has 0 unspecified atom stereocenters. The molecule has 5 nitrogen and oxygen atoms in total. The van der Waals surface area contributed by atoms with Crippen LogP contribution in [0.1, 0.15) is 23.3 Å². The fourth-order valence-corrected chi connectivity index (χ4v) is 0.799. The van der Waals surface area contributed by atoms with Gasteiger partial charge in [0.25, 0.3) is 5.91 Å². The number of carbonyl (C=O) groups is 1. The molecule has 0 aromatic carbocycles. The maximum absolute atomic E-state index is 11.2. The van der Waals surface area contributed by atoms with Gasteiger partial charge in [0.15, 0.2) is 11.6 Å². The van der Waals surface area contributed by atoms with Crippen LogP contribution in [0.25, 0.3) is 0 Å². The smallest absolute Gasteiger partial charge is 0.273 e. The van der Waals surface area contributed by atoms with Gasteiger partial charge in [-0.2, -0.15) is 0 Å². The number of nitrogens with zero attached hydrogens (tertiary/aromatic N) is 1. The second-order valence-corrected chi connectivity index (χ2v) is 2.81. The SMILES string of the molecule is Cc1nc(C(=O)NC[C@@H](C)O)co1. The van der Waals surface area contributed by atoms with Crippen LogP contribution in [-0.2, 0) is 0 Å². The molecule has 1 atom stereocenters. The van der Waals surface area contributed by atoms with E-state index >= 15 is 0 Å². The summed E-state index contributed by atoms with van der Waals surface area (Å²) >= 11 is 0. The second kappa shape index (κ2) is 4.04. The van der Waals surface area contributed by atoms with Crippen LogP contribution in [0.4, 0.5) is 0 Å². The molecule has 2 N–H and O–H groups in total. The lowest BCUT2D eigenvalue weighted by Crippen LogP contribution is -2.30. The fourth-order valence-electron chi connectivity index (χ4n) is 0.799. The van der Waals surface area contributed by atoms with Gasteiger partial charge in [0.05, 0.1) is 6.10 Å². The molecule has 0 radical (unpaired) electrons. The monoisotopic (exact) mass is 184 g/mol. The first-order chi connectivity index (χ1) is 6.09. The van der Waals surface area contributed by atoms with Crippen LogP contribution >= 0.6 is 0 Å². The molecule has 0 aliphatic carbocycles. The molecule has 1 amide bonds. The van der Waals surface area contributed by atoms with Gasteiger partial charge in [-0.3, -0.25) is 4.79 Å². The molecule has 0 aliphatic rings. The molecule has 1 heterocycles. The van der Waals surface area contributed by atoms with E-state index in [9.17, 15) is 4.79 Å². The number of nitrogens with one attached hydrogen (secondary N) is 1. The van der Waals surface area contributed by atoms with Gasteiger partial charge in [0.2, 0.25) is 0 Å². The van der Waals surface area contributed by atoms with E-state index in [1.54, 1.807) is 13.8 Å². The van der Waals surface area contributed by atoms with E-state index in [-0.39, 0.29) is 18.1 Å². The summed E-state index contributed by atoms with van der Waals surface area (Å²) in [5.74, 6) is 0.111. The molecule has 1 aromatic rings. The Hall–Kier alpha value is -1.36. The van der Waals surface area contributed by atoms with Crippen LogP contribution < -0.4 is 5.32 Å². The zero-order valence-electron chi connectivity index (χ0n) is 7.57. The van der Waals surface area contributed by atoms with Crippen molar-refractivity contribution < 1.29 is 14.3 Å². The van der Waals surface area contributed by atoms with Gasteiger partial charge in [-0.25, -0.2) is 4.98 Å². The minimum atomic E-state index is -0.558. The van der Waals surface area contributed by atoms with Crippen molar-refractivity contribution >= 4 is 5.91 Å². The number of aromatic nitrogens is 1. The Morgan fingerprint density at radius 1 is 1.85 bits per heavy atom. The minimum Gasteiger partial charge on any atom is -0.448 e. The molecular formula is C8H12N2O3. The first kappa shape index (κ1) is 9.73. The Morgan fingerprint density at radius 2 is 2.54 bits per heavy atom. The van der Waals surface area contributed by atoms with Crippen molar-refractivity contribution in [3.63, 3.8) is 0 Å². The number of hydrogen-bond acceptors (Lipinski definition) is 4. The van der Waals surface area contributed by atoms with Crippen molar-refractivity contribution in [2.24, 2.45) is 0 Å². The van der Waals surface area contributed by atoms with Crippen LogP contribution in [0.3, 0.4) is 0 Å². The predicted octanol–water partition coefficient (Wildman–Crippen LogP) is 0.0936. The average molecular weight is 184 g/mol. The maximum Gasteiger partial charge on any atom is 0.273 e. The number of rotatable bonds is 3. The molecule has 13 heavy (non-hydrogen) atoms. The molecule has 0 aliphatic heterocycles. The van der Waals surface area contributed by atoms with Gasteiger partial charge in [0, 0.05) is 13.5 Å². The number of aliphatic hydroxyl groups is 1. The summed E-state index contributed by atoms with van der Waals surface area (Å²) in [4.78, 5) is 15.0. The normalized spacial score (nSPS) is 12.5. The van der Waals surface area contributed by atoms with Gasteiger partial charge in [-0.1, -0.05) is 0 Å². The average Bonchev–Trinajstić information content (AvgIpc) is 2.47. The molecule has 1 aromatic heterocycles.